The number of esters is 1. The van der Waals surface area contributed by atoms with Gasteiger partial charge in [-0.15, -0.1) is 0 Å². The van der Waals surface area contributed by atoms with E-state index in [1.807, 2.05) is 19.1 Å². The van der Waals surface area contributed by atoms with Gasteiger partial charge in [-0.3, -0.25) is 4.90 Å². The Hall–Kier alpha value is -5.42. The van der Waals surface area contributed by atoms with E-state index in [4.69, 9.17) is 48.4 Å². The van der Waals surface area contributed by atoms with Crippen LogP contribution in [0.5, 0.6) is 0 Å². The van der Waals surface area contributed by atoms with Gasteiger partial charge in [0.15, 0.2) is 31.1 Å². The van der Waals surface area contributed by atoms with Gasteiger partial charge in [-0.25, -0.2) is 19.2 Å². The summed E-state index contributed by atoms with van der Waals surface area (Å²) in [6, 6.07) is 22.3. The molecule has 3 aromatic carbocycles. The van der Waals surface area contributed by atoms with Crippen LogP contribution in [0.3, 0.4) is 0 Å². The minimum atomic E-state index is -1.71. The van der Waals surface area contributed by atoms with Crippen LogP contribution in [0, 0.1) is 5.92 Å². The molecule has 0 aromatic heterocycles. The first-order valence-corrected chi connectivity index (χ1v) is 22.0. The number of carbonyl (C=O) groups is 4. The van der Waals surface area contributed by atoms with Crippen LogP contribution in [0.4, 0.5) is 14.4 Å². The predicted octanol–water partition coefficient (Wildman–Crippen LogP) is 2.06. The Bertz CT molecular complexity index is 2110. The van der Waals surface area contributed by atoms with Crippen LogP contribution in [0.1, 0.15) is 47.7 Å². The second kappa shape index (κ2) is 21.0. The lowest BCUT2D eigenvalue weighted by Crippen LogP contribution is -2.68. The number of nitrogens with one attached hydrogen (secondary N) is 2. The number of rotatable bonds is 13. The summed E-state index contributed by atoms with van der Waals surface area (Å²) < 4.78 is 54.5. The lowest BCUT2D eigenvalue weighted by Gasteiger charge is -2.51. The van der Waals surface area contributed by atoms with E-state index in [1.165, 1.54) is 24.1 Å². The van der Waals surface area contributed by atoms with Crippen LogP contribution in [0.25, 0.3) is 0 Å². The maximum absolute atomic E-state index is 13.6. The highest BCUT2D eigenvalue weighted by molar-refractivity contribution is 5.89. The van der Waals surface area contributed by atoms with Crippen LogP contribution in [-0.2, 0) is 55.8 Å². The van der Waals surface area contributed by atoms with Crippen LogP contribution < -0.4 is 16.4 Å². The molecule has 356 valence electrons. The number of fused-ring (bicyclic) bond motifs is 3. The standard InChI is InChI=1S/C46H56N4O16/c1-24-18-32-38(39-34(50(2)46(57)65-39)43(60-32)66-42-31(52)19-28(47)33(21-51)61-42)64-41(24)63-37-30(49-45(56)59-23-26-14-8-4-9-15-26)20-29(48-44(55)58-22-25-12-6-3-7-13-25)36(35(37)53)62-40(54)27-16-10-5-11-17-27/h3-17,24,28-39,41-43,51-53H,18-23,47H2,1-2H3,(H,48,55)(H,49,56)/t24-,28-,29+,30?,31?,32-,33?,34?,35+,36?,37+,38?,39?,41-,42+,43?/m0/s1. The second-order valence-electron chi connectivity index (χ2n) is 17.2. The summed E-state index contributed by atoms with van der Waals surface area (Å²) in [5.41, 5.74) is 7.67. The van der Waals surface area contributed by atoms with Crippen molar-refractivity contribution in [2.45, 2.75) is 131 Å². The van der Waals surface area contributed by atoms with E-state index in [9.17, 15) is 34.5 Å². The molecule has 3 aromatic rings. The van der Waals surface area contributed by atoms with Crippen molar-refractivity contribution in [2.24, 2.45) is 11.7 Å². The highest BCUT2D eigenvalue weighted by Crippen LogP contribution is 2.42. The van der Waals surface area contributed by atoms with Crippen molar-refractivity contribution >= 4 is 24.2 Å². The SMILES string of the molecule is C[C@H]1C[C@@H]2OC(O[C@H]3OC(CO)[C@@H](N)CC3O)C3C(OC(=O)N3C)C2O[C@@H]1O[C@@H]1C(NC(=O)OCc2ccccc2)C[C@@H](NC(=O)OCc2ccccc2)C(OC(=O)c2ccccc2)[C@H]1O. The van der Waals surface area contributed by atoms with Gasteiger partial charge in [-0.2, -0.15) is 0 Å². The number of amides is 3. The summed E-state index contributed by atoms with van der Waals surface area (Å²) in [5.74, 6) is -1.28. The normalized spacial score (nSPS) is 35.1. The van der Waals surface area contributed by atoms with Crippen LogP contribution in [-0.4, -0.2) is 150 Å². The van der Waals surface area contributed by atoms with Gasteiger partial charge in [0.2, 0.25) is 0 Å². The highest BCUT2D eigenvalue weighted by atomic mass is 16.8. The number of aliphatic hydroxyl groups excluding tert-OH is 3. The third-order valence-corrected chi connectivity index (χ3v) is 12.6. The highest BCUT2D eigenvalue weighted by Gasteiger charge is 2.60. The molecule has 0 bridgehead atoms. The zero-order chi connectivity index (χ0) is 46.5. The van der Waals surface area contributed by atoms with Gasteiger partial charge in [0.05, 0.1) is 36.5 Å². The number of carbonyl (C=O) groups excluding carboxylic acids is 4. The fraction of sp³-hybridized carbons (Fsp3) is 0.522. The van der Waals surface area contributed by atoms with Gasteiger partial charge >= 0.3 is 24.2 Å². The van der Waals surface area contributed by atoms with Crippen LogP contribution in [0.2, 0.25) is 0 Å². The van der Waals surface area contributed by atoms with Crippen molar-refractivity contribution in [3.05, 3.63) is 108 Å². The molecule has 8 rings (SSSR count). The van der Waals surface area contributed by atoms with E-state index in [1.54, 1.807) is 66.7 Å². The van der Waals surface area contributed by atoms with E-state index in [2.05, 4.69) is 10.6 Å². The number of benzene rings is 3. The zero-order valence-corrected chi connectivity index (χ0v) is 36.3. The lowest BCUT2D eigenvalue weighted by atomic mass is 9.83. The van der Waals surface area contributed by atoms with Crippen molar-refractivity contribution in [3.63, 3.8) is 0 Å². The lowest BCUT2D eigenvalue weighted by molar-refractivity contribution is -0.370. The summed E-state index contributed by atoms with van der Waals surface area (Å²) in [6.45, 7) is 1.26. The Labute approximate surface area is 380 Å². The Morgan fingerprint density at radius 2 is 1.33 bits per heavy atom. The Kier molecular flexibility index (Phi) is 15.0. The number of hydrogen-bond donors (Lipinski definition) is 6. The molecule has 4 heterocycles. The van der Waals surface area contributed by atoms with Gasteiger partial charge < -0.3 is 74.3 Å². The molecule has 0 spiro atoms. The first kappa shape index (κ1) is 47.1. The number of aliphatic hydroxyl groups is 3. The molecule has 1 saturated carbocycles. The number of alkyl carbamates (subject to hydrolysis) is 2. The molecule has 8 unspecified atom stereocenters. The predicted molar refractivity (Wildman–Crippen MR) is 227 cm³/mol. The Morgan fingerprint density at radius 1 is 0.742 bits per heavy atom. The van der Waals surface area contributed by atoms with Crippen LogP contribution >= 0.6 is 0 Å². The van der Waals surface area contributed by atoms with Crippen molar-refractivity contribution in [1.82, 2.24) is 15.5 Å². The molecule has 5 aliphatic rings. The van der Waals surface area contributed by atoms with Gasteiger partial charge in [0.25, 0.3) is 0 Å². The quantitative estimate of drug-likeness (QED) is 0.106. The minimum Gasteiger partial charge on any atom is -0.454 e. The molecular formula is C46H56N4O16. The third kappa shape index (κ3) is 10.7. The summed E-state index contributed by atoms with van der Waals surface area (Å²) in [7, 11) is 1.50. The average Bonchev–Trinajstić information content (AvgIpc) is 3.62. The van der Waals surface area contributed by atoms with E-state index in [0.717, 1.165) is 11.1 Å². The largest absolute Gasteiger partial charge is 0.454 e. The minimum absolute atomic E-state index is 0.0759. The van der Waals surface area contributed by atoms with E-state index >= 15 is 0 Å². The molecule has 16 atom stereocenters. The Balaban J connectivity index is 1.03. The molecule has 0 radical (unpaired) electrons. The summed E-state index contributed by atoms with van der Waals surface area (Å²) in [5, 5.41) is 38.5. The molecule has 20 nitrogen and oxygen atoms in total. The molecule has 4 saturated heterocycles. The molecule has 7 N–H and O–H groups in total. The number of nitrogens with zero attached hydrogens (tertiary/aromatic N) is 1. The molecular weight excluding hydrogens is 865 g/mol. The number of likely N-dealkylation sites (N-methyl/N-ethyl adjacent to an activating group) is 1. The number of nitrogens with two attached hydrogens (primary N) is 1. The van der Waals surface area contributed by atoms with Crippen molar-refractivity contribution in [1.29, 1.82) is 0 Å². The molecule has 20 heteroatoms. The Morgan fingerprint density at radius 3 is 1.94 bits per heavy atom. The topological polar surface area (TPSA) is 265 Å². The summed E-state index contributed by atoms with van der Waals surface area (Å²) in [4.78, 5) is 54.9. The first-order valence-electron chi connectivity index (χ1n) is 22.0. The summed E-state index contributed by atoms with van der Waals surface area (Å²) in [6.07, 6.45) is -14.9. The third-order valence-electron chi connectivity index (χ3n) is 12.6. The zero-order valence-electron chi connectivity index (χ0n) is 36.3. The average molecular weight is 921 g/mol. The van der Waals surface area contributed by atoms with Gasteiger partial charge in [-0.05, 0) is 42.5 Å². The molecule has 4 aliphatic heterocycles. The van der Waals surface area contributed by atoms with Crippen molar-refractivity contribution in [2.75, 3.05) is 13.7 Å². The molecule has 66 heavy (non-hydrogen) atoms. The van der Waals surface area contributed by atoms with Crippen LogP contribution in [0.15, 0.2) is 91.0 Å². The van der Waals surface area contributed by atoms with E-state index in [-0.39, 0.29) is 38.0 Å². The van der Waals surface area contributed by atoms with Crippen molar-refractivity contribution in [3.8, 4) is 0 Å². The van der Waals surface area contributed by atoms with Crippen molar-refractivity contribution < 1.29 is 77.1 Å². The first-order chi connectivity index (χ1) is 31.9. The maximum Gasteiger partial charge on any atom is 0.410 e. The van der Waals surface area contributed by atoms with Gasteiger partial charge in [-0.1, -0.05) is 85.8 Å². The van der Waals surface area contributed by atoms with Gasteiger partial charge in [0.1, 0.15) is 43.7 Å². The van der Waals surface area contributed by atoms with Gasteiger partial charge in [0, 0.05) is 19.0 Å². The number of ether oxygens (including phenoxy) is 9. The fourth-order valence-corrected chi connectivity index (χ4v) is 9.06. The summed E-state index contributed by atoms with van der Waals surface area (Å²) >= 11 is 0. The smallest absolute Gasteiger partial charge is 0.410 e. The second-order valence-corrected chi connectivity index (χ2v) is 17.2. The fourth-order valence-electron chi connectivity index (χ4n) is 9.06. The molecule has 5 fully saturated rings. The number of hydrogen-bond acceptors (Lipinski definition) is 17. The van der Waals surface area contributed by atoms with E-state index in [0.29, 0.717) is 0 Å². The maximum atomic E-state index is 13.6. The molecule has 1 aliphatic carbocycles. The monoisotopic (exact) mass is 920 g/mol. The molecule has 3 amide bonds. The van der Waals surface area contributed by atoms with E-state index < -0.39 is 129 Å².